The third kappa shape index (κ3) is 4.47. The highest BCUT2D eigenvalue weighted by molar-refractivity contribution is 5.96. The number of rotatable bonds is 5. The molecule has 55 heavy (non-hydrogen) atoms. The minimum absolute atomic E-state index is 0.489. The number of para-hydroxylation sites is 2. The highest BCUT2D eigenvalue weighted by Gasteiger charge is 2.47. The van der Waals surface area contributed by atoms with Gasteiger partial charge in [0.05, 0.1) is 10.8 Å². The predicted octanol–water partition coefficient (Wildman–Crippen LogP) is 13.4. The number of benzene rings is 9. The summed E-state index contributed by atoms with van der Waals surface area (Å²) < 4.78 is 7.01. The largest absolute Gasteiger partial charge is 0.456 e. The molecule has 2 aliphatic rings. The van der Waals surface area contributed by atoms with Crippen molar-refractivity contribution in [1.29, 1.82) is 0 Å². The van der Waals surface area contributed by atoms with Crippen LogP contribution in [0.1, 0.15) is 44.5 Å². The van der Waals surface area contributed by atoms with Crippen molar-refractivity contribution in [2.45, 2.75) is 10.8 Å². The molecular weight excluding hydrogens is 665 g/mol. The molecule has 0 N–H and O–H groups in total. The minimum Gasteiger partial charge on any atom is -0.456 e. The van der Waals surface area contributed by atoms with Gasteiger partial charge in [-0.15, -0.1) is 0 Å². The van der Waals surface area contributed by atoms with E-state index in [0.29, 0.717) is 0 Å². The van der Waals surface area contributed by atoms with Gasteiger partial charge in [0.15, 0.2) is 0 Å². The third-order valence-corrected chi connectivity index (χ3v) is 12.1. The van der Waals surface area contributed by atoms with Gasteiger partial charge in [-0.25, -0.2) is 0 Å². The predicted molar refractivity (Wildman–Crippen MR) is 225 cm³/mol. The van der Waals surface area contributed by atoms with Gasteiger partial charge in [0.25, 0.3) is 0 Å². The van der Waals surface area contributed by atoms with Crippen molar-refractivity contribution in [3.63, 3.8) is 0 Å². The molecule has 9 aromatic carbocycles. The summed E-state index contributed by atoms with van der Waals surface area (Å²) >= 11 is 0. The van der Waals surface area contributed by atoms with Crippen LogP contribution in [0.4, 0.5) is 0 Å². The van der Waals surface area contributed by atoms with E-state index in [0.717, 1.165) is 33.8 Å². The SMILES string of the molecule is c1ccc(C2(c3ccc(-c4cccc5c4Oc4ccccc4C5(c4ccccc4)c4ccccc4)cc3)c3ccccc3-c3cc4ccccc4cc32)cc1. The van der Waals surface area contributed by atoms with E-state index in [1.165, 1.54) is 55.3 Å². The zero-order valence-corrected chi connectivity index (χ0v) is 30.2. The second kappa shape index (κ2) is 12.3. The Morgan fingerprint density at radius 3 is 1.42 bits per heavy atom. The molecule has 1 heterocycles. The van der Waals surface area contributed by atoms with Gasteiger partial charge in [-0.3, -0.25) is 0 Å². The molecule has 1 atom stereocenters. The summed E-state index contributed by atoms with van der Waals surface area (Å²) in [5.74, 6) is 1.77. The van der Waals surface area contributed by atoms with Crippen LogP contribution < -0.4 is 4.74 Å². The standard InChI is InChI=1S/C54H36O/c1-4-19-40(20-5-1)53(47-27-13-12-25-45(47)46-35-38-17-10-11-18-39(38)36-50(46)53)43-33-31-37(32-34-43)44-26-16-29-49-52(44)55-51-30-15-14-28-48(51)54(49,41-21-6-2-7-22-41)42-23-8-3-9-24-42/h1-36H. The smallest absolute Gasteiger partial charge is 0.140 e. The maximum absolute atomic E-state index is 7.01. The normalized spacial score (nSPS) is 16.0. The number of hydrogen-bond donors (Lipinski definition) is 0. The van der Waals surface area contributed by atoms with E-state index in [1.54, 1.807) is 0 Å². The number of fused-ring (bicyclic) bond motifs is 6. The Hall–Kier alpha value is -6.96. The molecule has 0 saturated heterocycles. The molecule has 1 heteroatoms. The highest BCUT2D eigenvalue weighted by atomic mass is 16.5. The second-order valence-electron chi connectivity index (χ2n) is 14.7. The first kappa shape index (κ1) is 31.6. The lowest BCUT2D eigenvalue weighted by molar-refractivity contribution is 0.436. The van der Waals surface area contributed by atoms with Gasteiger partial charge in [0, 0.05) is 16.7 Å². The molecule has 0 bridgehead atoms. The van der Waals surface area contributed by atoms with E-state index in [-0.39, 0.29) is 0 Å². The van der Waals surface area contributed by atoms with Crippen LogP contribution >= 0.6 is 0 Å². The quantitative estimate of drug-likeness (QED) is 0.174. The number of ether oxygens (including phenoxy) is 1. The van der Waals surface area contributed by atoms with Crippen LogP contribution in [0.25, 0.3) is 33.0 Å². The fourth-order valence-corrected chi connectivity index (χ4v) is 9.80. The van der Waals surface area contributed by atoms with Crippen molar-refractivity contribution >= 4 is 10.8 Å². The molecule has 0 aromatic heterocycles. The summed E-state index contributed by atoms with van der Waals surface area (Å²) in [4.78, 5) is 0. The van der Waals surface area contributed by atoms with E-state index < -0.39 is 10.8 Å². The van der Waals surface area contributed by atoms with Gasteiger partial charge in [-0.2, -0.15) is 0 Å². The van der Waals surface area contributed by atoms with Crippen molar-refractivity contribution in [3.05, 3.63) is 263 Å². The Kier molecular flexibility index (Phi) is 7.06. The zero-order valence-electron chi connectivity index (χ0n) is 30.2. The summed E-state index contributed by atoms with van der Waals surface area (Å²) in [6.07, 6.45) is 0. The lowest BCUT2D eigenvalue weighted by Gasteiger charge is -2.42. The zero-order chi connectivity index (χ0) is 36.4. The summed E-state index contributed by atoms with van der Waals surface area (Å²) in [6.45, 7) is 0. The minimum atomic E-state index is -0.569. The summed E-state index contributed by atoms with van der Waals surface area (Å²) in [5.41, 5.74) is 13.5. The van der Waals surface area contributed by atoms with Gasteiger partial charge >= 0.3 is 0 Å². The molecule has 1 aliphatic heterocycles. The van der Waals surface area contributed by atoms with Gasteiger partial charge in [-0.1, -0.05) is 200 Å². The maximum atomic E-state index is 7.01. The Bertz CT molecular complexity index is 2840. The Labute approximate surface area is 321 Å². The first-order valence-corrected chi connectivity index (χ1v) is 19.1. The monoisotopic (exact) mass is 700 g/mol. The summed E-state index contributed by atoms with van der Waals surface area (Å²) in [7, 11) is 0. The Morgan fingerprint density at radius 1 is 0.291 bits per heavy atom. The first-order valence-electron chi connectivity index (χ1n) is 19.1. The molecule has 1 unspecified atom stereocenters. The fourth-order valence-electron chi connectivity index (χ4n) is 9.80. The maximum Gasteiger partial charge on any atom is 0.140 e. The average Bonchev–Trinajstić information content (AvgIpc) is 3.55. The van der Waals surface area contributed by atoms with Crippen LogP contribution in [-0.4, -0.2) is 0 Å². The van der Waals surface area contributed by atoms with Gasteiger partial charge in [0.2, 0.25) is 0 Å². The van der Waals surface area contributed by atoms with E-state index in [4.69, 9.17) is 4.74 Å². The van der Waals surface area contributed by atoms with Gasteiger partial charge < -0.3 is 4.74 Å². The lowest BCUT2D eigenvalue weighted by atomic mass is 9.63. The molecule has 258 valence electrons. The van der Waals surface area contributed by atoms with Crippen molar-refractivity contribution in [2.75, 3.05) is 0 Å². The molecule has 1 aliphatic carbocycles. The van der Waals surface area contributed by atoms with Crippen LogP contribution in [0.3, 0.4) is 0 Å². The molecule has 0 amide bonds. The van der Waals surface area contributed by atoms with E-state index >= 15 is 0 Å². The highest BCUT2D eigenvalue weighted by Crippen LogP contribution is 2.59. The molecule has 9 aromatic rings. The number of hydrogen-bond acceptors (Lipinski definition) is 1. The first-order chi connectivity index (χ1) is 27.3. The Morgan fingerprint density at radius 2 is 0.764 bits per heavy atom. The topological polar surface area (TPSA) is 9.23 Å². The summed E-state index contributed by atoms with van der Waals surface area (Å²) in [5, 5.41) is 2.51. The fraction of sp³-hybridized carbons (Fsp3) is 0.0370. The molecule has 1 nitrogen and oxygen atoms in total. The second-order valence-corrected chi connectivity index (χ2v) is 14.7. The van der Waals surface area contributed by atoms with Gasteiger partial charge in [0.1, 0.15) is 11.5 Å². The molecule has 0 saturated carbocycles. The van der Waals surface area contributed by atoms with Crippen molar-refractivity contribution in [1.82, 2.24) is 0 Å². The molecular formula is C54H36O. The van der Waals surface area contributed by atoms with Crippen LogP contribution in [0.15, 0.2) is 218 Å². The molecule has 0 fully saturated rings. The van der Waals surface area contributed by atoms with Crippen molar-refractivity contribution in [3.8, 4) is 33.8 Å². The average molecular weight is 701 g/mol. The third-order valence-electron chi connectivity index (χ3n) is 12.1. The van der Waals surface area contributed by atoms with Crippen molar-refractivity contribution < 1.29 is 4.74 Å². The molecule has 0 spiro atoms. The van der Waals surface area contributed by atoms with Crippen molar-refractivity contribution in [2.24, 2.45) is 0 Å². The van der Waals surface area contributed by atoms with Crippen LogP contribution in [0.5, 0.6) is 11.5 Å². The van der Waals surface area contributed by atoms with Crippen LogP contribution in [0.2, 0.25) is 0 Å². The van der Waals surface area contributed by atoms with E-state index in [9.17, 15) is 0 Å². The summed E-state index contributed by atoms with van der Waals surface area (Å²) in [6, 6.07) is 79.8. The Balaban J connectivity index is 1.14. The van der Waals surface area contributed by atoms with Crippen LogP contribution in [-0.2, 0) is 10.8 Å². The molecule has 0 radical (unpaired) electrons. The molecule has 11 rings (SSSR count). The lowest BCUT2D eigenvalue weighted by Crippen LogP contribution is -2.34. The van der Waals surface area contributed by atoms with Gasteiger partial charge in [-0.05, 0) is 79.0 Å². The van der Waals surface area contributed by atoms with E-state index in [2.05, 4.69) is 218 Å². The van der Waals surface area contributed by atoms with Crippen LogP contribution in [0, 0.1) is 0 Å². The van der Waals surface area contributed by atoms with E-state index in [1.807, 2.05) is 0 Å².